The van der Waals surface area contributed by atoms with Crippen molar-refractivity contribution in [1.82, 2.24) is 0 Å². The van der Waals surface area contributed by atoms with Crippen molar-refractivity contribution in [1.29, 1.82) is 0 Å². The second kappa shape index (κ2) is 7.75. The Bertz CT molecular complexity index is 743. The van der Waals surface area contributed by atoms with E-state index in [1.165, 1.54) is 6.07 Å². The summed E-state index contributed by atoms with van der Waals surface area (Å²) in [6.07, 6.45) is -0.267. The van der Waals surface area contributed by atoms with Crippen LogP contribution in [-0.4, -0.2) is 27.9 Å². The summed E-state index contributed by atoms with van der Waals surface area (Å²) in [5, 5.41) is 18.9. The van der Waals surface area contributed by atoms with Crippen LogP contribution in [0.5, 0.6) is 0 Å². The molecular weight excluding hydrogens is 332 g/mol. The Kier molecular flexibility index (Phi) is 5.71. The van der Waals surface area contributed by atoms with Gasteiger partial charge in [-0.25, -0.2) is 0 Å². The van der Waals surface area contributed by atoms with Crippen LogP contribution in [0.2, 0.25) is 5.02 Å². The van der Waals surface area contributed by atoms with Gasteiger partial charge in [-0.05, 0) is 11.6 Å². The number of hydrogen-bond acceptors (Lipinski definition) is 3. The van der Waals surface area contributed by atoms with Gasteiger partial charge in [0.25, 0.3) is 0 Å². The van der Waals surface area contributed by atoms with Gasteiger partial charge < -0.3 is 10.2 Å². The monoisotopic (exact) mass is 346 g/mol. The number of carboxylic acids is 2. The second-order valence-electron chi connectivity index (χ2n) is 5.28. The van der Waals surface area contributed by atoms with Crippen LogP contribution in [0, 0.1) is 5.92 Å². The molecule has 0 aromatic heterocycles. The van der Waals surface area contributed by atoms with E-state index in [4.69, 9.17) is 11.6 Å². The molecular formula is C18H15ClO5. The SMILES string of the molecule is O=C(CC(c1ccccc1Cl)C(C(=O)O)C(=O)O)c1ccccc1. The number of ketones is 1. The molecule has 24 heavy (non-hydrogen) atoms. The van der Waals surface area contributed by atoms with Crippen LogP contribution in [0.4, 0.5) is 0 Å². The van der Waals surface area contributed by atoms with E-state index in [0.29, 0.717) is 11.1 Å². The molecule has 2 N–H and O–H groups in total. The lowest BCUT2D eigenvalue weighted by Gasteiger charge is -2.22. The molecule has 0 saturated heterocycles. The average Bonchev–Trinajstić information content (AvgIpc) is 2.54. The molecule has 124 valence electrons. The predicted molar refractivity (Wildman–Crippen MR) is 88.3 cm³/mol. The normalized spacial score (nSPS) is 11.9. The van der Waals surface area contributed by atoms with Crippen LogP contribution < -0.4 is 0 Å². The molecule has 6 heteroatoms. The van der Waals surface area contributed by atoms with E-state index < -0.39 is 23.8 Å². The second-order valence-corrected chi connectivity index (χ2v) is 5.68. The molecule has 1 unspecified atom stereocenters. The van der Waals surface area contributed by atoms with Crippen molar-refractivity contribution in [3.8, 4) is 0 Å². The van der Waals surface area contributed by atoms with Crippen molar-refractivity contribution in [3.05, 3.63) is 70.7 Å². The highest BCUT2D eigenvalue weighted by molar-refractivity contribution is 6.31. The Labute approximate surface area is 143 Å². The van der Waals surface area contributed by atoms with Gasteiger partial charge in [0.05, 0.1) is 0 Å². The van der Waals surface area contributed by atoms with E-state index >= 15 is 0 Å². The third-order valence-electron chi connectivity index (χ3n) is 3.74. The lowest BCUT2D eigenvalue weighted by molar-refractivity contribution is -0.155. The fraction of sp³-hybridized carbons (Fsp3) is 0.167. The minimum absolute atomic E-state index is 0.232. The molecule has 5 nitrogen and oxygen atoms in total. The van der Waals surface area contributed by atoms with Crippen LogP contribution >= 0.6 is 11.6 Å². The van der Waals surface area contributed by atoms with E-state index in [0.717, 1.165) is 0 Å². The maximum Gasteiger partial charge on any atom is 0.318 e. The smallest absolute Gasteiger partial charge is 0.318 e. The first-order valence-electron chi connectivity index (χ1n) is 7.20. The fourth-order valence-corrected chi connectivity index (χ4v) is 2.85. The zero-order valence-electron chi connectivity index (χ0n) is 12.6. The van der Waals surface area contributed by atoms with Gasteiger partial charge in [-0.1, -0.05) is 60.1 Å². The van der Waals surface area contributed by atoms with Gasteiger partial charge >= 0.3 is 11.9 Å². The molecule has 0 aliphatic rings. The number of carbonyl (C=O) groups is 3. The molecule has 0 saturated carbocycles. The summed E-state index contributed by atoms with van der Waals surface area (Å²) in [5.41, 5.74) is 0.724. The van der Waals surface area contributed by atoms with Crippen molar-refractivity contribution in [3.63, 3.8) is 0 Å². The van der Waals surface area contributed by atoms with Crippen LogP contribution in [0.1, 0.15) is 28.3 Å². The van der Waals surface area contributed by atoms with Gasteiger partial charge in [0.15, 0.2) is 11.7 Å². The third kappa shape index (κ3) is 4.00. The van der Waals surface area contributed by atoms with Gasteiger partial charge in [-0.15, -0.1) is 0 Å². The molecule has 2 rings (SSSR count). The Morgan fingerprint density at radius 3 is 1.96 bits per heavy atom. The fourth-order valence-electron chi connectivity index (χ4n) is 2.57. The number of halogens is 1. The maximum atomic E-state index is 12.5. The summed E-state index contributed by atoms with van der Waals surface area (Å²) in [4.78, 5) is 35.4. The van der Waals surface area contributed by atoms with Crippen molar-refractivity contribution < 1.29 is 24.6 Å². The van der Waals surface area contributed by atoms with Gasteiger partial charge in [0.2, 0.25) is 0 Å². The first kappa shape index (κ1) is 17.7. The Balaban J connectivity index is 2.43. The molecule has 1 atom stereocenters. The zero-order chi connectivity index (χ0) is 17.7. The number of rotatable bonds is 7. The molecule has 0 aliphatic carbocycles. The Hall–Kier alpha value is -2.66. The molecule has 2 aromatic carbocycles. The lowest BCUT2D eigenvalue weighted by Crippen LogP contribution is -2.31. The highest BCUT2D eigenvalue weighted by Gasteiger charge is 2.38. The Morgan fingerprint density at radius 2 is 1.42 bits per heavy atom. The van der Waals surface area contributed by atoms with Crippen LogP contribution in [0.3, 0.4) is 0 Å². The molecule has 0 heterocycles. The predicted octanol–water partition coefficient (Wildman–Crippen LogP) is 3.48. The number of aliphatic carboxylic acids is 2. The molecule has 0 fully saturated rings. The van der Waals surface area contributed by atoms with Crippen molar-refractivity contribution >= 4 is 29.3 Å². The molecule has 0 radical (unpaired) electrons. The first-order chi connectivity index (χ1) is 11.4. The number of Topliss-reactive ketones (excluding diaryl/α,β-unsaturated/α-hetero) is 1. The lowest BCUT2D eigenvalue weighted by atomic mass is 9.81. The van der Waals surface area contributed by atoms with Crippen molar-refractivity contribution in [2.24, 2.45) is 5.92 Å². The molecule has 0 amide bonds. The number of carbonyl (C=O) groups excluding carboxylic acids is 1. The number of benzene rings is 2. The van der Waals surface area contributed by atoms with E-state index in [1.54, 1.807) is 48.5 Å². The van der Waals surface area contributed by atoms with Crippen molar-refractivity contribution in [2.75, 3.05) is 0 Å². The summed E-state index contributed by atoms with van der Waals surface area (Å²) in [6, 6.07) is 14.7. The first-order valence-corrected chi connectivity index (χ1v) is 7.58. The van der Waals surface area contributed by atoms with E-state index in [-0.39, 0.29) is 17.2 Å². The Morgan fingerprint density at radius 1 is 0.875 bits per heavy atom. The largest absolute Gasteiger partial charge is 0.481 e. The van der Waals surface area contributed by atoms with Gasteiger partial charge in [0.1, 0.15) is 0 Å². The molecule has 0 spiro atoms. The summed E-state index contributed by atoms with van der Waals surface area (Å²) in [7, 11) is 0. The van der Waals surface area contributed by atoms with Gasteiger partial charge in [0, 0.05) is 22.9 Å². The van der Waals surface area contributed by atoms with Crippen LogP contribution in [-0.2, 0) is 9.59 Å². The summed E-state index contributed by atoms with van der Waals surface area (Å²) in [5.74, 6) is -6.19. The summed E-state index contributed by atoms with van der Waals surface area (Å²) in [6.45, 7) is 0. The summed E-state index contributed by atoms with van der Waals surface area (Å²) >= 11 is 6.10. The van der Waals surface area contributed by atoms with Crippen molar-refractivity contribution in [2.45, 2.75) is 12.3 Å². The van der Waals surface area contributed by atoms with E-state index in [2.05, 4.69) is 0 Å². The zero-order valence-corrected chi connectivity index (χ0v) is 13.3. The highest BCUT2D eigenvalue weighted by Crippen LogP contribution is 2.34. The number of hydrogen-bond donors (Lipinski definition) is 2. The van der Waals surface area contributed by atoms with Crippen LogP contribution in [0.15, 0.2) is 54.6 Å². The van der Waals surface area contributed by atoms with Gasteiger partial charge in [-0.2, -0.15) is 0 Å². The molecule has 0 aliphatic heterocycles. The minimum Gasteiger partial charge on any atom is -0.481 e. The highest BCUT2D eigenvalue weighted by atomic mass is 35.5. The van der Waals surface area contributed by atoms with Crippen LogP contribution in [0.25, 0.3) is 0 Å². The van der Waals surface area contributed by atoms with E-state index in [9.17, 15) is 24.6 Å². The number of carboxylic acid groups (broad SMARTS) is 2. The standard InChI is InChI=1S/C18H15ClO5/c19-14-9-5-4-8-12(14)13(16(17(21)22)18(23)24)10-15(20)11-6-2-1-3-7-11/h1-9,13,16H,10H2,(H,21,22)(H,23,24). The van der Waals surface area contributed by atoms with Gasteiger partial charge in [-0.3, -0.25) is 14.4 Å². The average molecular weight is 347 g/mol. The molecule has 2 aromatic rings. The van der Waals surface area contributed by atoms with E-state index in [1.807, 2.05) is 0 Å². The minimum atomic E-state index is -1.77. The molecule has 0 bridgehead atoms. The quantitative estimate of drug-likeness (QED) is 0.591. The maximum absolute atomic E-state index is 12.5. The topological polar surface area (TPSA) is 91.7 Å². The summed E-state index contributed by atoms with van der Waals surface area (Å²) < 4.78 is 0. The third-order valence-corrected chi connectivity index (χ3v) is 4.08.